The lowest BCUT2D eigenvalue weighted by Gasteiger charge is -2.65. The number of carbonyl (C=O) groups excluding carboxylic acids is 1. The van der Waals surface area contributed by atoms with Crippen LogP contribution in [0.15, 0.2) is 72.8 Å². The number of aryl methyl sites for hydroxylation is 1. The number of phenolic OH excluding ortho intramolecular Hbond substituents is 1. The van der Waals surface area contributed by atoms with E-state index in [1.807, 2.05) is 47.4 Å². The molecule has 2 heterocycles. The van der Waals surface area contributed by atoms with Crippen molar-refractivity contribution in [2.75, 3.05) is 19.6 Å². The van der Waals surface area contributed by atoms with Crippen molar-refractivity contribution in [1.29, 1.82) is 0 Å². The first-order valence-electron chi connectivity index (χ1n) is 16.6. The summed E-state index contributed by atoms with van der Waals surface area (Å²) < 4.78 is 6.83. The van der Waals surface area contributed by atoms with Gasteiger partial charge in [0, 0.05) is 35.8 Å². The number of piperidine rings is 1. The number of rotatable bonds is 9. The summed E-state index contributed by atoms with van der Waals surface area (Å²) in [5.74, 6) is 1.30. The molecule has 0 radical (unpaired) electrons. The van der Waals surface area contributed by atoms with Crippen LogP contribution in [0.25, 0.3) is 6.08 Å². The fraction of sp³-hybridized carbons (Fsp3) is 0.447. The maximum atomic E-state index is 14.2. The summed E-state index contributed by atoms with van der Waals surface area (Å²) >= 11 is 6.23. The van der Waals surface area contributed by atoms with Gasteiger partial charge in [-0.1, -0.05) is 60.1 Å². The van der Waals surface area contributed by atoms with Gasteiger partial charge in [-0.15, -0.1) is 0 Å². The Hall–Kier alpha value is -3.32. The van der Waals surface area contributed by atoms with Gasteiger partial charge in [-0.25, -0.2) is 0 Å². The van der Waals surface area contributed by atoms with Crippen molar-refractivity contribution in [2.45, 2.75) is 80.6 Å². The third-order valence-corrected chi connectivity index (χ3v) is 11.6. The first-order chi connectivity index (χ1) is 21.9. The van der Waals surface area contributed by atoms with Gasteiger partial charge in [0.2, 0.25) is 5.91 Å². The fourth-order valence-electron chi connectivity index (χ4n) is 9.19. The predicted molar refractivity (Wildman–Crippen MR) is 176 cm³/mol. The maximum Gasteiger partial charge on any atom is 0.246 e. The zero-order chi connectivity index (χ0) is 30.8. The van der Waals surface area contributed by atoms with Gasteiger partial charge in [0.15, 0.2) is 11.5 Å². The Bertz CT molecular complexity index is 1640. The minimum atomic E-state index is -0.983. The molecule has 2 unspecified atom stereocenters. The molecule has 2 saturated carbocycles. The molecule has 5 atom stereocenters. The number of nitrogens with zero attached hydrogens (tertiary/aromatic N) is 2. The Balaban J connectivity index is 1.16. The lowest BCUT2D eigenvalue weighted by Crippen LogP contribution is -2.78. The van der Waals surface area contributed by atoms with E-state index in [1.54, 1.807) is 12.1 Å². The molecule has 1 amide bonds. The number of hydrogen-bond acceptors (Lipinski definition) is 5. The largest absolute Gasteiger partial charge is 0.504 e. The highest BCUT2D eigenvalue weighted by molar-refractivity contribution is 6.30. The summed E-state index contributed by atoms with van der Waals surface area (Å²) in [5.41, 5.74) is 2.62. The molecule has 5 aliphatic rings. The summed E-state index contributed by atoms with van der Waals surface area (Å²) in [7, 11) is 0. The number of benzene rings is 3. The molecule has 3 aromatic carbocycles. The van der Waals surface area contributed by atoms with E-state index in [4.69, 9.17) is 16.3 Å². The molecule has 8 rings (SSSR count). The normalized spacial score (nSPS) is 29.8. The highest BCUT2D eigenvalue weighted by atomic mass is 35.5. The molecule has 234 valence electrons. The van der Waals surface area contributed by atoms with Crippen LogP contribution in [0.4, 0.5) is 0 Å². The second-order valence-electron chi connectivity index (χ2n) is 13.9. The van der Waals surface area contributed by atoms with E-state index >= 15 is 0 Å². The average Bonchev–Trinajstić information content (AvgIpc) is 3.79. The van der Waals surface area contributed by atoms with Crippen molar-refractivity contribution in [1.82, 2.24) is 9.80 Å². The molecule has 3 fully saturated rings. The van der Waals surface area contributed by atoms with Gasteiger partial charge in [0.05, 0.1) is 17.1 Å². The lowest BCUT2D eigenvalue weighted by molar-refractivity contribution is -0.201. The summed E-state index contributed by atoms with van der Waals surface area (Å²) in [6, 6.07) is 21.4. The van der Waals surface area contributed by atoms with Crippen LogP contribution in [0.5, 0.6) is 11.5 Å². The number of carbonyl (C=O) groups is 1. The van der Waals surface area contributed by atoms with Crippen LogP contribution < -0.4 is 4.74 Å². The first kappa shape index (κ1) is 29.1. The monoisotopic (exact) mass is 624 g/mol. The molecule has 1 spiro atoms. The van der Waals surface area contributed by atoms with Gasteiger partial charge in [-0.2, -0.15) is 0 Å². The second kappa shape index (κ2) is 11.2. The molecule has 7 heteroatoms. The molecule has 3 aliphatic carbocycles. The summed E-state index contributed by atoms with van der Waals surface area (Å²) in [6.07, 6.45) is 10.0. The molecule has 3 aromatic rings. The van der Waals surface area contributed by atoms with E-state index < -0.39 is 17.1 Å². The Kier molecular flexibility index (Phi) is 7.23. The summed E-state index contributed by atoms with van der Waals surface area (Å²) in [5, 5.41) is 24.6. The van der Waals surface area contributed by atoms with E-state index in [2.05, 4.69) is 29.2 Å². The van der Waals surface area contributed by atoms with Crippen LogP contribution in [0.1, 0.15) is 60.8 Å². The Morgan fingerprint density at radius 1 is 1.07 bits per heavy atom. The number of hydrogen-bond donors (Lipinski definition) is 2. The van der Waals surface area contributed by atoms with E-state index in [1.165, 1.54) is 24.0 Å². The van der Waals surface area contributed by atoms with Gasteiger partial charge >= 0.3 is 0 Å². The highest BCUT2D eigenvalue weighted by Crippen LogP contribution is 2.66. The van der Waals surface area contributed by atoms with E-state index in [0.29, 0.717) is 30.2 Å². The highest BCUT2D eigenvalue weighted by Gasteiger charge is 2.73. The van der Waals surface area contributed by atoms with Crippen molar-refractivity contribution >= 4 is 23.6 Å². The molecule has 2 bridgehead atoms. The summed E-state index contributed by atoms with van der Waals surface area (Å²) in [4.78, 5) is 18.7. The lowest BCUT2D eigenvalue weighted by atomic mass is 9.48. The number of halogens is 1. The van der Waals surface area contributed by atoms with Gasteiger partial charge in [0.25, 0.3) is 0 Å². The van der Waals surface area contributed by atoms with Crippen molar-refractivity contribution in [3.05, 3.63) is 100 Å². The fourth-order valence-corrected chi connectivity index (χ4v) is 9.38. The van der Waals surface area contributed by atoms with Crippen LogP contribution in [0, 0.1) is 5.92 Å². The standard InChI is InChI=1S/C38H41ClN2O4/c39-29-10-4-8-26(22-29)13-16-33(43)41(20-5-9-25-6-2-1-3-7-25)30-17-18-38(44)32-23-28-14-15-31(42)35-34(28)37(38,36(30)45-35)19-21-40(32)24-27-11-12-27/h1-4,6-8,10,13-16,22,27,30,32,36,42,44H,5,9,11-12,17-21,23-24H2/b16-13+/t30?,32-,36?,37+,38-/m1/s1. The topological polar surface area (TPSA) is 73.2 Å². The van der Waals surface area contributed by atoms with Gasteiger partial charge in [-0.05, 0) is 105 Å². The molecule has 1 saturated heterocycles. The summed E-state index contributed by atoms with van der Waals surface area (Å²) in [6.45, 7) is 2.50. The average molecular weight is 625 g/mol. The van der Waals surface area contributed by atoms with Gasteiger partial charge in [-0.3, -0.25) is 9.69 Å². The van der Waals surface area contributed by atoms with Crippen molar-refractivity contribution < 1.29 is 19.7 Å². The number of likely N-dealkylation sites (tertiary alicyclic amines) is 1. The van der Waals surface area contributed by atoms with Crippen molar-refractivity contribution in [3.63, 3.8) is 0 Å². The minimum Gasteiger partial charge on any atom is -0.504 e. The zero-order valence-electron chi connectivity index (χ0n) is 25.6. The van der Waals surface area contributed by atoms with Crippen molar-refractivity contribution in [3.8, 4) is 11.5 Å². The molecule has 2 N–H and O–H groups in total. The molecule has 45 heavy (non-hydrogen) atoms. The van der Waals surface area contributed by atoms with Crippen LogP contribution in [-0.2, 0) is 23.1 Å². The quantitative estimate of drug-likeness (QED) is 0.279. The van der Waals surface area contributed by atoms with Gasteiger partial charge < -0.3 is 19.8 Å². The zero-order valence-corrected chi connectivity index (χ0v) is 26.3. The Labute approximate surface area is 270 Å². The molecular formula is C38H41ClN2O4. The SMILES string of the molecule is O=C(/C=C/c1cccc(Cl)c1)N(CCCc1ccccc1)C1CC[C@@]2(O)[C@H]3Cc4ccc(O)c5c4[C@@]2(CCN3CC2CC2)C1O5. The number of aromatic hydroxyl groups is 1. The van der Waals surface area contributed by atoms with Crippen LogP contribution in [0.2, 0.25) is 5.02 Å². The molecule has 2 aliphatic heterocycles. The van der Waals surface area contributed by atoms with E-state index in [-0.39, 0.29) is 23.7 Å². The predicted octanol–water partition coefficient (Wildman–Crippen LogP) is 6.15. The van der Waals surface area contributed by atoms with E-state index in [9.17, 15) is 15.0 Å². The minimum absolute atomic E-state index is 0.00634. The van der Waals surface area contributed by atoms with Crippen LogP contribution >= 0.6 is 11.6 Å². The number of ether oxygens (including phenoxy) is 1. The van der Waals surface area contributed by atoms with E-state index in [0.717, 1.165) is 55.8 Å². The number of phenols is 1. The maximum absolute atomic E-state index is 14.2. The molecule has 6 nitrogen and oxygen atoms in total. The third-order valence-electron chi connectivity index (χ3n) is 11.4. The van der Waals surface area contributed by atoms with Crippen LogP contribution in [-0.4, -0.2) is 69.3 Å². The van der Waals surface area contributed by atoms with Gasteiger partial charge in [0.1, 0.15) is 6.10 Å². The Morgan fingerprint density at radius 3 is 2.71 bits per heavy atom. The number of amides is 1. The third kappa shape index (κ3) is 4.79. The Morgan fingerprint density at radius 2 is 1.91 bits per heavy atom. The smallest absolute Gasteiger partial charge is 0.246 e. The number of aliphatic hydroxyl groups is 1. The molecule has 0 aromatic heterocycles. The van der Waals surface area contributed by atoms with Crippen LogP contribution in [0.3, 0.4) is 0 Å². The second-order valence-corrected chi connectivity index (χ2v) is 14.3. The van der Waals surface area contributed by atoms with Crippen molar-refractivity contribution in [2.24, 2.45) is 5.92 Å². The first-order valence-corrected chi connectivity index (χ1v) is 17.0. The molecular weight excluding hydrogens is 584 g/mol.